The third-order valence-corrected chi connectivity index (χ3v) is 5.32. The normalized spacial score (nSPS) is 15.7. The number of carbonyl (C=O) groups excluding carboxylic acids is 1. The lowest BCUT2D eigenvalue weighted by atomic mass is 10.1. The molecule has 0 spiro atoms. The molecule has 1 N–H and O–H groups in total. The largest absolute Gasteiger partial charge is 0.496 e. The van der Waals surface area contributed by atoms with Gasteiger partial charge in [-0.25, -0.2) is 0 Å². The van der Waals surface area contributed by atoms with Crippen molar-refractivity contribution in [2.45, 2.75) is 25.3 Å². The fourth-order valence-corrected chi connectivity index (χ4v) is 3.73. The number of rotatable bonds is 9. The van der Waals surface area contributed by atoms with Gasteiger partial charge in [-0.05, 0) is 50.2 Å². The Hall–Kier alpha value is -2.93. The van der Waals surface area contributed by atoms with E-state index < -0.39 is 0 Å². The maximum Gasteiger partial charge on any atom is 0.244 e. The molecule has 2 heterocycles. The van der Waals surface area contributed by atoms with Crippen LogP contribution in [-0.2, 0) is 4.79 Å². The van der Waals surface area contributed by atoms with Crippen molar-refractivity contribution in [2.24, 2.45) is 0 Å². The van der Waals surface area contributed by atoms with E-state index in [0.29, 0.717) is 23.8 Å². The molecule has 0 aliphatic carbocycles. The van der Waals surface area contributed by atoms with Crippen molar-refractivity contribution in [3.63, 3.8) is 0 Å². The number of methoxy groups -OCH3 is 3. The molecule has 1 unspecified atom stereocenters. The number of ether oxygens (including phenoxy) is 3. The maximum atomic E-state index is 12.5. The summed E-state index contributed by atoms with van der Waals surface area (Å²) in [7, 11) is 4.71. The first kappa shape index (κ1) is 21.8. The lowest BCUT2D eigenvalue weighted by Gasteiger charge is -2.33. The minimum absolute atomic E-state index is 0.0354. The van der Waals surface area contributed by atoms with Crippen molar-refractivity contribution in [3.05, 3.63) is 47.9 Å². The van der Waals surface area contributed by atoms with Crippen LogP contribution in [0.3, 0.4) is 0 Å². The third kappa shape index (κ3) is 5.36. The zero-order valence-corrected chi connectivity index (χ0v) is 17.8. The Labute approximate surface area is 177 Å². The van der Waals surface area contributed by atoms with Crippen LogP contribution >= 0.6 is 0 Å². The molecule has 1 aromatic carbocycles. The first-order valence-corrected chi connectivity index (χ1v) is 10.2. The summed E-state index contributed by atoms with van der Waals surface area (Å²) in [6.45, 7) is 2.51. The highest BCUT2D eigenvalue weighted by Crippen LogP contribution is 2.35. The monoisotopic (exact) mass is 414 g/mol. The number of hydrogen-bond donors (Lipinski definition) is 1. The summed E-state index contributed by atoms with van der Waals surface area (Å²) in [4.78, 5) is 14.9. The van der Waals surface area contributed by atoms with E-state index >= 15 is 0 Å². The number of likely N-dealkylation sites (tertiary alicyclic amines) is 1. The molecule has 7 nitrogen and oxygen atoms in total. The third-order valence-electron chi connectivity index (χ3n) is 5.32. The average molecular weight is 415 g/mol. The number of amides is 1. The van der Waals surface area contributed by atoms with E-state index in [1.807, 2.05) is 12.1 Å². The minimum atomic E-state index is -0.180. The van der Waals surface area contributed by atoms with E-state index in [1.165, 1.54) is 25.3 Å². The summed E-state index contributed by atoms with van der Waals surface area (Å²) >= 11 is 0. The number of furan rings is 1. The molecule has 1 aliphatic rings. The van der Waals surface area contributed by atoms with Crippen LogP contribution in [0, 0.1) is 0 Å². The number of carbonyl (C=O) groups is 1. The van der Waals surface area contributed by atoms with Gasteiger partial charge in [0.05, 0.1) is 33.6 Å². The molecule has 1 amide bonds. The highest BCUT2D eigenvalue weighted by Gasteiger charge is 2.24. The Morgan fingerprint density at radius 3 is 2.43 bits per heavy atom. The van der Waals surface area contributed by atoms with Crippen molar-refractivity contribution < 1.29 is 23.4 Å². The fourth-order valence-electron chi connectivity index (χ4n) is 3.73. The van der Waals surface area contributed by atoms with E-state index in [9.17, 15) is 4.79 Å². The van der Waals surface area contributed by atoms with E-state index in [-0.39, 0.29) is 11.9 Å². The number of hydrogen-bond acceptors (Lipinski definition) is 6. The summed E-state index contributed by atoms with van der Waals surface area (Å²) in [5, 5.41) is 3.00. The Kier molecular flexibility index (Phi) is 7.79. The van der Waals surface area contributed by atoms with Gasteiger partial charge in [-0.1, -0.05) is 6.42 Å². The molecule has 3 rings (SSSR count). The fraction of sp³-hybridized carbons (Fsp3) is 0.435. The maximum absolute atomic E-state index is 12.5. The van der Waals surface area contributed by atoms with E-state index in [2.05, 4.69) is 10.2 Å². The van der Waals surface area contributed by atoms with Crippen LogP contribution in [0.15, 0.2) is 41.0 Å². The van der Waals surface area contributed by atoms with Crippen LogP contribution in [0.1, 0.15) is 36.6 Å². The minimum Gasteiger partial charge on any atom is -0.496 e. The van der Waals surface area contributed by atoms with Crippen molar-refractivity contribution in [1.82, 2.24) is 10.2 Å². The summed E-state index contributed by atoms with van der Waals surface area (Å²) in [6, 6.07) is 7.40. The second kappa shape index (κ2) is 10.7. The molecule has 7 heteroatoms. The van der Waals surface area contributed by atoms with Crippen LogP contribution in [0.5, 0.6) is 17.2 Å². The van der Waals surface area contributed by atoms with Gasteiger partial charge in [0.2, 0.25) is 5.91 Å². The molecule has 1 saturated heterocycles. The molecule has 1 aromatic heterocycles. The zero-order chi connectivity index (χ0) is 21.3. The van der Waals surface area contributed by atoms with Gasteiger partial charge in [0, 0.05) is 24.3 Å². The van der Waals surface area contributed by atoms with Crippen LogP contribution in [0.2, 0.25) is 0 Å². The van der Waals surface area contributed by atoms with Gasteiger partial charge < -0.3 is 23.9 Å². The van der Waals surface area contributed by atoms with Gasteiger partial charge in [0.1, 0.15) is 11.5 Å². The number of nitrogens with one attached hydrogen (secondary N) is 1. The van der Waals surface area contributed by atoms with Gasteiger partial charge >= 0.3 is 0 Å². The molecular weight excluding hydrogens is 384 g/mol. The quantitative estimate of drug-likeness (QED) is 0.632. The topological polar surface area (TPSA) is 73.2 Å². The molecule has 30 heavy (non-hydrogen) atoms. The molecule has 2 aromatic rings. The van der Waals surface area contributed by atoms with Crippen molar-refractivity contribution in [1.29, 1.82) is 0 Å². The Balaban J connectivity index is 1.67. The van der Waals surface area contributed by atoms with Crippen molar-refractivity contribution >= 4 is 12.0 Å². The van der Waals surface area contributed by atoms with Crippen LogP contribution in [0.25, 0.3) is 6.08 Å². The second-order valence-electron chi connectivity index (χ2n) is 7.16. The van der Waals surface area contributed by atoms with Gasteiger partial charge in [-0.3, -0.25) is 9.69 Å². The molecule has 0 radical (unpaired) electrons. The second-order valence-corrected chi connectivity index (χ2v) is 7.16. The van der Waals surface area contributed by atoms with E-state index in [1.54, 1.807) is 45.8 Å². The highest BCUT2D eigenvalue weighted by molar-refractivity contribution is 5.92. The number of benzene rings is 1. The smallest absolute Gasteiger partial charge is 0.244 e. The van der Waals surface area contributed by atoms with Crippen LogP contribution < -0.4 is 19.5 Å². The molecular formula is C23H30N2O5. The molecule has 0 saturated carbocycles. The Morgan fingerprint density at radius 1 is 1.10 bits per heavy atom. The molecule has 1 aliphatic heterocycles. The summed E-state index contributed by atoms with van der Waals surface area (Å²) < 4.78 is 21.7. The highest BCUT2D eigenvalue weighted by atomic mass is 16.5. The van der Waals surface area contributed by atoms with Crippen molar-refractivity contribution in [2.75, 3.05) is 41.0 Å². The van der Waals surface area contributed by atoms with E-state index in [0.717, 1.165) is 24.4 Å². The van der Waals surface area contributed by atoms with Crippen LogP contribution in [-0.4, -0.2) is 51.8 Å². The lowest BCUT2D eigenvalue weighted by Crippen LogP contribution is -2.40. The molecule has 1 atom stereocenters. The Bertz CT molecular complexity index is 842. The molecule has 162 valence electrons. The predicted octanol–water partition coefficient (Wildman–Crippen LogP) is 3.66. The zero-order valence-electron chi connectivity index (χ0n) is 17.8. The average Bonchev–Trinajstić information content (AvgIpc) is 3.32. The SMILES string of the molecule is COc1cc(OC)c(OC)cc1/C=C/C(=O)NCC(c1ccco1)N1CCCCC1. The standard InChI is InChI=1S/C23H30N2O5/c1-27-20-15-22(29-3)21(28-2)14-17(20)9-10-23(26)24-16-18(19-8-7-13-30-19)25-11-5-4-6-12-25/h7-10,13-15,18H,4-6,11-12,16H2,1-3H3,(H,24,26)/b10-9+. The lowest BCUT2D eigenvalue weighted by molar-refractivity contribution is -0.116. The summed E-state index contributed by atoms with van der Waals surface area (Å²) in [6.07, 6.45) is 8.48. The van der Waals surface area contributed by atoms with Gasteiger partial charge in [-0.2, -0.15) is 0 Å². The summed E-state index contributed by atoms with van der Waals surface area (Å²) in [5.74, 6) is 2.43. The number of nitrogens with zero attached hydrogens (tertiary/aromatic N) is 1. The van der Waals surface area contributed by atoms with Gasteiger partial charge in [0.15, 0.2) is 11.5 Å². The van der Waals surface area contributed by atoms with Gasteiger partial charge in [0.25, 0.3) is 0 Å². The summed E-state index contributed by atoms with van der Waals surface area (Å²) in [5.41, 5.74) is 0.726. The first-order chi connectivity index (χ1) is 14.7. The van der Waals surface area contributed by atoms with Gasteiger partial charge in [-0.15, -0.1) is 0 Å². The first-order valence-electron chi connectivity index (χ1n) is 10.2. The van der Waals surface area contributed by atoms with Crippen LogP contribution in [0.4, 0.5) is 0 Å². The van der Waals surface area contributed by atoms with Crippen molar-refractivity contribution in [3.8, 4) is 17.2 Å². The molecule has 0 bridgehead atoms. The predicted molar refractivity (Wildman–Crippen MR) is 115 cm³/mol. The number of piperidine rings is 1. The molecule has 1 fully saturated rings. The van der Waals surface area contributed by atoms with E-state index in [4.69, 9.17) is 18.6 Å². The Morgan fingerprint density at radius 2 is 1.80 bits per heavy atom.